The fourth-order valence-corrected chi connectivity index (χ4v) is 6.08. The highest BCUT2D eigenvalue weighted by molar-refractivity contribution is 7.89. The summed E-state index contributed by atoms with van der Waals surface area (Å²) in [6.45, 7) is 1.87. The van der Waals surface area contributed by atoms with Crippen LogP contribution in [0.1, 0.15) is 35.2 Å². The minimum Gasteiger partial charge on any atom is -0.478 e. The van der Waals surface area contributed by atoms with Crippen LogP contribution in [-0.4, -0.2) is 23.8 Å². The first-order valence-electron chi connectivity index (χ1n) is 10.2. The largest absolute Gasteiger partial charge is 0.478 e. The van der Waals surface area contributed by atoms with E-state index in [9.17, 15) is 18.3 Å². The molecule has 0 amide bonds. The fourth-order valence-electron chi connectivity index (χ4n) is 4.05. The molecule has 0 spiro atoms. The summed E-state index contributed by atoms with van der Waals surface area (Å²) in [6.07, 6.45) is 1.81. The maximum Gasteiger partial charge on any atom is 0.333 e. The molecule has 3 aromatic rings. The van der Waals surface area contributed by atoms with Gasteiger partial charge in [0.05, 0.1) is 22.6 Å². The lowest BCUT2D eigenvalue weighted by molar-refractivity contribution is -0.133. The van der Waals surface area contributed by atoms with E-state index in [1.807, 2.05) is 6.92 Å². The van der Waals surface area contributed by atoms with Crippen molar-refractivity contribution in [2.24, 2.45) is 0 Å². The van der Waals surface area contributed by atoms with E-state index in [2.05, 4.69) is 0 Å². The van der Waals surface area contributed by atoms with Gasteiger partial charge < -0.3 is 5.11 Å². The van der Waals surface area contributed by atoms with Crippen LogP contribution in [0.5, 0.6) is 0 Å². The van der Waals surface area contributed by atoms with Gasteiger partial charge in [-0.25, -0.2) is 13.2 Å². The van der Waals surface area contributed by atoms with Crippen LogP contribution in [0.25, 0.3) is 0 Å². The van der Waals surface area contributed by atoms with Crippen molar-refractivity contribution in [3.8, 4) is 0 Å². The summed E-state index contributed by atoms with van der Waals surface area (Å²) in [5.74, 6) is -1.17. The molecular weight excluding hydrogens is 481 g/mol. The molecule has 3 aromatic carbocycles. The molecule has 0 aliphatic carbocycles. The maximum absolute atomic E-state index is 14.0. The van der Waals surface area contributed by atoms with Gasteiger partial charge in [0.1, 0.15) is 0 Å². The van der Waals surface area contributed by atoms with E-state index in [1.54, 1.807) is 78.9 Å². The Morgan fingerprint density at radius 3 is 1.91 bits per heavy atom. The molecule has 0 saturated heterocycles. The lowest BCUT2D eigenvalue weighted by Gasteiger charge is -2.40. The predicted octanol–water partition coefficient (Wildman–Crippen LogP) is 6.19. The van der Waals surface area contributed by atoms with Gasteiger partial charge in [0, 0.05) is 10.0 Å². The standard InChI is InChI=1S/C25H21Cl2NO4S/c1-16-2-12-21(13-3-16)33(31,32)28-23(17-4-8-19(26)9-5-17)15-14-22(25(29)30)24(28)18-6-10-20(27)11-7-18/h2-14,23-24H,15H2,1H3,(H,29,30)/t23-,24-/m0/s1. The average molecular weight is 502 g/mol. The molecule has 1 heterocycles. The van der Waals surface area contributed by atoms with Crippen LogP contribution in [0.3, 0.4) is 0 Å². The van der Waals surface area contributed by atoms with Crippen molar-refractivity contribution in [3.05, 3.63) is 111 Å². The Labute approximate surface area is 202 Å². The fraction of sp³-hybridized carbons (Fsp3) is 0.160. The smallest absolute Gasteiger partial charge is 0.333 e. The molecule has 0 radical (unpaired) electrons. The Morgan fingerprint density at radius 1 is 0.879 bits per heavy atom. The predicted molar refractivity (Wildman–Crippen MR) is 129 cm³/mol. The zero-order chi connectivity index (χ0) is 23.8. The van der Waals surface area contributed by atoms with E-state index in [0.29, 0.717) is 15.6 Å². The number of nitrogens with zero attached hydrogens (tertiary/aromatic N) is 1. The minimum atomic E-state index is -4.10. The second-order valence-electron chi connectivity index (χ2n) is 7.87. The van der Waals surface area contributed by atoms with Crippen molar-refractivity contribution in [1.29, 1.82) is 0 Å². The summed E-state index contributed by atoms with van der Waals surface area (Å²) in [6, 6.07) is 18.4. The molecule has 1 aliphatic heterocycles. The number of carboxylic acids is 1. The first-order chi connectivity index (χ1) is 15.7. The second-order valence-corrected chi connectivity index (χ2v) is 10.6. The van der Waals surface area contributed by atoms with E-state index >= 15 is 0 Å². The van der Waals surface area contributed by atoms with Crippen LogP contribution in [0.4, 0.5) is 0 Å². The normalized spacial score (nSPS) is 19.2. The van der Waals surface area contributed by atoms with Gasteiger partial charge in [0.15, 0.2) is 0 Å². The van der Waals surface area contributed by atoms with Gasteiger partial charge in [-0.05, 0) is 60.9 Å². The van der Waals surface area contributed by atoms with Gasteiger partial charge in [0.2, 0.25) is 10.0 Å². The molecule has 4 rings (SSSR count). The number of halogens is 2. The zero-order valence-electron chi connectivity index (χ0n) is 17.7. The van der Waals surface area contributed by atoms with Crippen molar-refractivity contribution in [1.82, 2.24) is 4.31 Å². The molecule has 170 valence electrons. The Morgan fingerprint density at radius 2 is 1.39 bits per heavy atom. The van der Waals surface area contributed by atoms with Crippen molar-refractivity contribution in [2.45, 2.75) is 30.3 Å². The van der Waals surface area contributed by atoms with Gasteiger partial charge in [-0.1, -0.05) is 71.2 Å². The van der Waals surface area contributed by atoms with E-state index in [0.717, 1.165) is 11.1 Å². The Balaban J connectivity index is 1.96. The third kappa shape index (κ3) is 4.70. The third-order valence-corrected chi connectivity index (χ3v) is 8.09. The Hall–Kier alpha value is -2.64. The highest BCUT2D eigenvalue weighted by Gasteiger charge is 2.44. The molecule has 33 heavy (non-hydrogen) atoms. The molecule has 0 saturated carbocycles. The minimum absolute atomic E-state index is 0.00165. The molecule has 8 heteroatoms. The van der Waals surface area contributed by atoms with Gasteiger partial charge in [0.25, 0.3) is 0 Å². The third-order valence-electron chi connectivity index (χ3n) is 5.70. The molecule has 5 nitrogen and oxygen atoms in total. The first-order valence-corrected chi connectivity index (χ1v) is 12.4. The summed E-state index contributed by atoms with van der Waals surface area (Å²) >= 11 is 12.1. The van der Waals surface area contributed by atoms with Crippen molar-refractivity contribution >= 4 is 39.2 Å². The molecule has 1 N–H and O–H groups in total. The SMILES string of the molecule is Cc1ccc(S(=O)(=O)N2[C@@H](c3ccc(Cl)cc3)C(C(=O)O)=CC[C@H]2c2ccc(Cl)cc2)cc1. The Bertz CT molecular complexity index is 1300. The summed E-state index contributed by atoms with van der Waals surface area (Å²) in [7, 11) is -4.10. The molecule has 0 unspecified atom stereocenters. The highest BCUT2D eigenvalue weighted by Crippen LogP contribution is 2.45. The second kappa shape index (κ2) is 9.31. The molecular formula is C25H21Cl2NO4S. The van der Waals surface area contributed by atoms with Crippen molar-refractivity contribution in [3.63, 3.8) is 0 Å². The molecule has 2 atom stereocenters. The molecule has 0 aromatic heterocycles. The monoisotopic (exact) mass is 501 g/mol. The van der Waals surface area contributed by atoms with Gasteiger partial charge >= 0.3 is 5.97 Å². The summed E-state index contributed by atoms with van der Waals surface area (Å²) in [5, 5.41) is 11.0. The number of aliphatic carboxylic acids is 1. The van der Waals surface area contributed by atoms with Crippen LogP contribution in [0, 0.1) is 6.92 Å². The summed E-state index contributed by atoms with van der Waals surface area (Å²) in [5.41, 5.74) is 2.15. The number of hydrogen-bond donors (Lipinski definition) is 1. The van der Waals surface area contributed by atoms with Crippen LogP contribution in [0.15, 0.2) is 89.3 Å². The van der Waals surface area contributed by atoms with E-state index in [1.165, 1.54) is 4.31 Å². The average Bonchev–Trinajstić information content (AvgIpc) is 2.79. The topological polar surface area (TPSA) is 74.7 Å². The van der Waals surface area contributed by atoms with E-state index < -0.39 is 28.1 Å². The number of hydrogen-bond acceptors (Lipinski definition) is 3. The first kappa shape index (κ1) is 23.5. The van der Waals surface area contributed by atoms with Crippen LogP contribution in [0.2, 0.25) is 10.0 Å². The number of aryl methyl sites for hydroxylation is 1. The van der Waals surface area contributed by atoms with Gasteiger partial charge in [-0.3, -0.25) is 0 Å². The zero-order valence-corrected chi connectivity index (χ0v) is 20.0. The summed E-state index contributed by atoms with van der Waals surface area (Å²) in [4.78, 5) is 12.3. The molecule has 1 aliphatic rings. The quantitative estimate of drug-likeness (QED) is 0.452. The van der Waals surface area contributed by atoms with E-state index in [-0.39, 0.29) is 16.9 Å². The van der Waals surface area contributed by atoms with Gasteiger partial charge in [-0.15, -0.1) is 0 Å². The number of benzene rings is 3. The lowest BCUT2D eigenvalue weighted by Crippen LogP contribution is -2.42. The number of sulfonamides is 1. The lowest BCUT2D eigenvalue weighted by atomic mass is 9.89. The van der Waals surface area contributed by atoms with Crippen LogP contribution < -0.4 is 0 Å². The summed E-state index contributed by atoms with van der Waals surface area (Å²) < 4.78 is 29.3. The van der Waals surface area contributed by atoms with Crippen molar-refractivity contribution < 1.29 is 18.3 Å². The van der Waals surface area contributed by atoms with E-state index in [4.69, 9.17) is 23.2 Å². The Kier molecular flexibility index (Phi) is 6.64. The van der Waals surface area contributed by atoms with Crippen molar-refractivity contribution in [2.75, 3.05) is 0 Å². The van der Waals surface area contributed by atoms with Gasteiger partial charge in [-0.2, -0.15) is 4.31 Å². The molecule has 0 bridgehead atoms. The maximum atomic E-state index is 14.0. The van der Waals surface area contributed by atoms with Crippen LogP contribution >= 0.6 is 23.2 Å². The van der Waals surface area contributed by atoms with Crippen LogP contribution in [-0.2, 0) is 14.8 Å². The number of rotatable bonds is 5. The highest BCUT2D eigenvalue weighted by atomic mass is 35.5. The number of carbonyl (C=O) groups is 1. The number of carboxylic acid groups (broad SMARTS) is 1. The molecule has 0 fully saturated rings.